The summed E-state index contributed by atoms with van der Waals surface area (Å²) in [6.45, 7) is 1.81. The van der Waals surface area contributed by atoms with Crippen LogP contribution in [0.1, 0.15) is 11.5 Å². The second-order valence-corrected chi connectivity index (χ2v) is 5.10. The van der Waals surface area contributed by atoms with E-state index in [1.165, 1.54) is 6.08 Å². The quantitative estimate of drug-likeness (QED) is 0.580. The van der Waals surface area contributed by atoms with Crippen LogP contribution in [0, 0.1) is 18.3 Å². The van der Waals surface area contributed by atoms with Crippen LogP contribution in [0.15, 0.2) is 64.6 Å². The second-order valence-electron chi connectivity index (χ2n) is 5.10. The zero-order valence-electron chi connectivity index (χ0n) is 12.5. The van der Waals surface area contributed by atoms with Crippen molar-refractivity contribution >= 4 is 28.4 Å². The van der Waals surface area contributed by atoms with Crippen LogP contribution in [-0.4, -0.2) is 5.91 Å². The van der Waals surface area contributed by atoms with E-state index in [4.69, 9.17) is 4.42 Å². The van der Waals surface area contributed by atoms with Crippen LogP contribution in [0.5, 0.6) is 0 Å². The molecule has 1 N–H and O–H groups in total. The molecule has 0 unspecified atom stereocenters. The number of fused-ring (bicyclic) bond motifs is 1. The summed E-state index contributed by atoms with van der Waals surface area (Å²) in [6, 6.07) is 18.8. The molecule has 4 heteroatoms. The summed E-state index contributed by atoms with van der Waals surface area (Å²) in [6.07, 6.45) is 1.44. The fraction of sp³-hybridized carbons (Fsp3) is 0.0526. The molecule has 0 radical (unpaired) electrons. The molecule has 112 valence electrons. The molecule has 3 aromatic rings. The van der Waals surface area contributed by atoms with Gasteiger partial charge in [0, 0.05) is 17.1 Å². The molecule has 2 aromatic carbocycles. The van der Waals surface area contributed by atoms with Gasteiger partial charge in [0.05, 0.1) is 0 Å². The highest BCUT2D eigenvalue weighted by molar-refractivity contribution is 6.12. The minimum Gasteiger partial charge on any atom is -0.462 e. The molecule has 0 saturated heterocycles. The van der Waals surface area contributed by atoms with Gasteiger partial charge in [-0.15, -0.1) is 0 Å². The van der Waals surface area contributed by atoms with Gasteiger partial charge in [0.2, 0.25) is 0 Å². The second kappa shape index (κ2) is 6.20. The number of aryl methyl sites for hydroxylation is 1. The first-order chi connectivity index (χ1) is 11.2. The van der Waals surface area contributed by atoms with Gasteiger partial charge in [-0.25, -0.2) is 0 Å². The number of hydrogen-bond donors (Lipinski definition) is 1. The van der Waals surface area contributed by atoms with Crippen LogP contribution in [0.4, 0.5) is 5.69 Å². The van der Waals surface area contributed by atoms with Crippen molar-refractivity contribution in [3.05, 3.63) is 71.7 Å². The Bertz CT molecular complexity index is 940. The maximum atomic E-state index is 12.4. The van der Waals surface area contributed by atoms with Crippen LogP contribution in [0.2, 0.25) is 0 Å². The van der Waals surface area contributed by atoms with E-state index >= 15 is 0 Å². The van der Waals surface area contributed by atoms with E-state index < -0.39 is 5.91 Å². The third-order valence-electron chi connectivity index (χ3n) is 3.45. The lowest BCUT2D eigenvalue weighted by atomic mass is 10.1. The fourth-order valence-electron chi connectivity index (χ4n) is 2.35. The summed E-state index contributed by atoms with van der Waals surface area (Å²) in [5, 5.41) is 14.0. The number of benzene rings is 2. The molecule has 0 fully saturated rings. The third-order valence-corrected chi connectivity index (χ3v) is 3.45. The summed E-state index contributed by atoms with van der Waals surface area (Å²) in [5.41, 5.74) is 0.664. The first-order valence-corrected chi connectivity index (χ1v) is 7.15. The maximum Gasteiger partial charge on any atom is 0.266 e. The largest absolute Gasteiger partial charge is 0.462 e. The summed E-state index contributed by atoms with van der Waals surface area (Å²) in [5.74, 6) is 0.744. The number of carbonyl (C=O) groups is 1. The summed E-state index contributed by atoms with van der Waals surface area (Å²) >= 11 is 0. The molecule has 1 heterocycles. The van der Waals surface area contributed by atoms with Gasteiger partial charge in [-0.05, 0) is 30.5 Å². The first kappa shape index (κ1) is 14.6. The van der Waals surface area contributed by atoms with Crippen LogP contribution in [0.25, 0.3) is 16.8 Å². The number of rotatable bonds is 3. The Balaban J connectivity index is 1.90. The number of hydrogen-bond acceptors (Lipinski definition) is 3. The molecule has 23 heavy (non-hydrogen) atoms. The zero-order valence-corrected chi connectivity index (χ0v) is 12.5. The standard InChI is InChI=1S/C19H14N2O2/c1-13-9-10-16(23-13)11-15(12-20)19(22)21-18-8-4-6-14-5-2-3-7-17(14)18/h2-11H,1H3,(H,21,22)/b15-11+. The Labute approximate surface area is 133 Å². The Morgan fingerprint density at radius 2 is 1.91 bits per heavy atom. The number of anilines is 1. The Kier molecular flexibility index (Phi) is 3.94. The lowest BCUT2D eigenvalue weighted by Crippen LogP contribution is -2.13. The SMILES string of the molecule is Cc1ccc(/C=C(\C#N)C(=O)Nc2cccc3ccccc23)o1. The van der Waals surface area contributed by atoms with Crippen molar-refractivity contribution in [2.24, 2.45) is 0 Å². The average Bonchev–Trinajstić information content (AvgIpc) is 2.98. The van der Waals surface area contributed by atoms with Gasteiger partial charge in [-0.1, -0.05) is 36.4 Å². The lowest BCUT2D eigenvalue weighted by molar-refractivity contribution is -0.112. The van der Waals surface area contributed by atoms with Crippen LogP contribution >= 0.6 is 0 Å². The summed E-state index contributed by atoms with van der Waals surface area (Å²) in [7, 11) is 0. The minimum absolute atomic E-state index is 0.00714. The van der Waals surface area contributed by atoms with Gasteiger partial charge in [0.25, 0.3) is 5.91 Å². The highest BCUT2D eigenvalue weighted by Gasteiger charge is 2.12. The van der Waals surface area contributed by atoms with E-state index in [0.29, 0.717) is 11.4 Å². The van der Waals surface area contributed by atoms with E-state index in [-0.39, 0.29) is 5.57 Å². The Morgan fingerprint density at radius 1 is 1.13 bits per heavy atom. The lowest BCUT2D eigenvalue weighted by Gasteiger charge is -2.08. The molecule has 1 aromatic heterocycles. The number of nitrogens with one attached hydrogen (secondary N) is 1. The smallest absolute Gasteiger partial charge is 0.266 e. The molecule has 0 aliphatic rings. The molecular formula is C19H14N2O2. The van der Waals surface area contributed by atoms with Crippen molar-refractivity contribution in [1.29, 1.82) is 5.26 Å². The maximum absolute atomic E-state index is 12.4. The predicted octanol–water partition coefficient (Wildman–Crippen LogP) is 4.29. The van der Waals surface area contributed by atoms with Crippen molar-refractivity contribution in [1.82, 2.24) is 0 Å². The molecule has 0 atom stereocenters. The van der Waals surface area contributed by atoms with Crippen molar-refractivity contribution in [3.63, 3.8) is 0 Å². The van der Waals surface area contributed by atoms with Gasteiger partial charge in [-0.3, -0.25) is 4.79 Å². The van der Waals surface area contributed by atoms with E-state index in [9.17, 15) is 10.1 Å². The molecule has 4 nitrogen and oxygen atoms in total. The van der Waals surface area contributed by atoms with Crippen molar-refractivity contribution in [2.75, 3.05) is 5.32 Å². The van der Waals surface area contributed by atoms with Gasteiger partial charge < -0.3 is 9.73 Å². The predicted molar refractivity (Wildman–Crippen MR) is 89.6 cm³/mol. The van der Waals surface area contributed by atoms with E-state index in [0.717, 1.165) is 16.5 Å². The minimum atomic E-state index is -0.460. The molecule has 0 bridgehead atoms. The highest BCUT2D eigenvalue weighted by Crippen LogP contribution is 2.23. The fourth-order valence-corrected chi connectivity index (χ4v) is 2.35. The first-order valence-electron chi connectivity index (χ1n) is 7.15. The molecule has 0 aliphatic heterocycles. The van der Waals surface area contributed by atoms with Gasteiger partial charge in [0.15, 0.2) is 0 Å². The molecule has 0 saturated carbocycles. The summed E-state index contributed by atoms with van der Waals surface area (Å²) in [4.78, 5) is 12.4. The Hall–Kier alpha value is -3.32. The topological polar surface area (TPSA) is 66.0 Å². The van der Waals surface area contributed by atoms with Crippen LogP contribution in [-0.2, 0) is 4.79 Å². The average molecular weight is 302 g/mol. The van der Waals surface area contributed by atoms with E-state index in [1.54, 1.807) is 19.1 Å². The zero-order chi connectivity index (χ0) is 16.2. The third kappa shape index (κ3) is 3.14. The number of furan rings is 1. The van der Waals surface area contributed by atoms with Gasteiger partial charge in [0.1, 0.15) is 23.2 Å². The van der Waals surface area contributed by atoms with Crippen molar-refractivity contribution < 1.29 is 9.21 Å². The van der Waals surface area contributed by atoms with Crippen LogP contribution < -0.4 is 5.32 Å². The van der Waals surface area contributed by atoms with Crippen LogP contribution in [0.3, 0.4) is 0 Å². The van der Waals surface area contributed by atoms with E-state index in [2.05, 4.69) is 5.32 Å². The number of nitrogens with zero attached hydrogens (tertiary/aromatic N) is 1. The normalized spacial score (nSPS) is 11.2. The monoisotopic (exact) mass is 302 g/mol. The van der Waals surface area contributed by atoms with Gasteiger partial charge in [-0.2, -0.15) is 5.26 Å². The Morgan fingerprint density at radius 3 is 2.65 bits per heavy atom. The highest BCUT2D eigenvalue weighted by atomic mass is 16.3. The van der Waals surface area contributed by atoms with Gasteiger partial charge >= 0.3 is 0 Å². The molecule has 0 aliphatic carbocycles. The van der Waals surface area contributed by atoms with Crippen molar-refractivity contribution in [3.8, 4) is 6.07 Å². The number of amides is 1. The van der Waals surface area contributed by atoms with Crippen molar-refractivity contribution in [2.45, 2.75) is 6.92 Å². The van der Waals surface area contributed by atoms with E-state index in [1.807, 2.05) is 48.5 Å². The number of nitriles is 1. The molecular weight excluding hydrogens is 288 g/mol. The molecule has 0 spiro atoms. The number of carbonyl (C=O) groups excluding carboxylic acids is 1. The molecule has 3 rings (SSSR count). The molecule has 1 amide bonds. The summed E-state index contributed by atoms with van der Waals surface area (Å²) < 4.78 is 5.38.